The molecule has 0 aliphatic rings. The van der Waals surface area contributed by atoms with Crippen molar-refractivity contribution in [2.45, 2.75) is 6.92 Å². The third-order valence-electron chi connectivity index (χ3n) is 2.57. The maximum Gasteiger partial charge on any atom is 0.319 e. The molecule has 2 amide bonds. The number of amides is 2. The second-order valence-corrected chi connectivity index (χ2v) is 4.89. The van der Waals surface area contributed by atoms with Crippen LogP contribution >= 0.6 is 11.6 Å². The Hall–Kier alpha value is -1.46. The monoisotopic (exact) mass is 285 g/mol. The van der Waals surface area contributed by atoms with E-state index in [9.17, 15) is 4.79 Å². The molecule has 5 nitrogen and oxygen atoms in total. The molecule has 0 heterocycles. The summed E-state index contributed by atoms with van der Waals surface area (Å²) < 4.78 is 5.19. The predicted octanol–water partition coefficient (Wildman–Crippen LogP) is 2.34. The van der Waals surface area contributed by atoms with Crippen molar-refractivity contribution < 1.29 is 9.53 Å². The number of rotatable bonds is 5. The Balaban J connectivity index is 2.65. The van der Waals surface area contributed by atoms with Gasteiger partial charge in [0.25, 0.3) is 0 Å². The molecule has 1 aromatic rings. The lowest BCUT2D eigenvalue weighted by atomic mass is 10.2. The van der Waals surface area contributed by atoms with Crippen molar-refractivity contribution in [3.05, 3.63) is 22.7 Å². The highest BCUT2D eigenvalue weighted by atomic mass is 35.5. The molecular weight excluding hydrogens is 266 g/mol. The number of hydrogen-bond donors (Lipinski definition) is 2. The van der Waals surface area contributed by atoms with E-state index in [4.69, 9.17) is 16.3 Å². The zero-order chi connectivity index (χ0) is 14.4. The smallest absolute Gasteiger partial charge is 0.319 e. The van der Waals surface area contributed by atoms with Crippen molar-refractivity contribution in [1.82, 2.24) is 10.2 Å². The van der Waals surface area contributed by atoms with Crippen molar-refractivity contribution in [2.24, 2.45) is 0 Å². The van der Waals surface area contributed by atoms with Gasteiger partial charge in [-0.3, -0.25) is 0 Å². The first kappa shape index (κ1) is 15.6. The molecule has 2 N–H and O–H groups in total. The van der Waals surface area contributed by atoms with Crippen molar-refractivity contribution in [2.75, 3.05) is 39.6 Å². The summed E-state index contributed by atoms with van der Waals surface area (Å²) >= 11 is 6.01. The van der Waals surface area contributed by atoms with Crippen molar-refractivity contribution in [3.8, 4) is 5.75 Å². The van der Waals surface area contributed by atoms with Gasteiger partial charge in [-0.1, -0.05) is 11.6 Å². The van der Waals surface area contributed by atoms with Gasteiger partial charge in [-0.2, -0.15) is 0 Å². The molecule has 19 heavy (non-hydrogen) atoms. The minimum absolute atomic E-state index is 0.262. The number of aryl methyl sites for hydroxylation is 1. The number of anilines is 1. The number of carbonyl (C=O) groups excluding carboxylic acids is 1. The molecule has 0 unspecified atom stereocenters. The lowest BCUT2D eigenvalue weighted by Gasteiger charge is -2.14. The van der Waals surface area contributed by atoms with Gasteiger partial charge in [-0.05, 0) is 32.6 Å². The summed E-state index contributed by atoms with van der Waals surface area (Å²) in [5.74, 6) is 0.540. The van der Waals surface area contributed by atoms with Gasteiger partial charge in [0.2, 0.25) is 0 Å². The van der Waals surface area contributed by atoms with Crippen LogP contribution in [0.15, 0.2) is 12.1 Å². The summed E-state index contributed by atoms with van der Waals surface area (Å²) in [6.45, 7) is 3.23. The van der Waals surface area contributed by atoms with Crippen LogP contribution in [-0.2, 0) is 0 Å². The zero-order valence-electron chi connectivity index (χ0n) is 11.7. The van der Waals surface area contributed by atoms with E-state index in [1.54, 1.807) is 12.1 Å². The Labute approximate surface area is 118 Å². The molecule has 0 atom stereocenters. The second-order valence-electron chi connectivity index (χ2n) is 4.49. The number of nitrogens with one attached hydrogen (secondary N) is 2. The van der Waals surface area contributed by atoms with E-state index < -0.39 is 0 Å². The van der Waals surface area contributed by atoms with Crippen LogP contribution in [0.25, 0.3) is 0 Å². The van der Waals surface area contributed by atoms with Crippen LogP contribution in [0.1, 0.15) is 5.56 Å². The van der Waals surface area contributed by atoms with Gasteiger partial charge >= 0.3 is 6.03 Å². The van der Waals surface area contributed by atoms with E-state index >= 15 is 0 Å². The highest BCUT2D eigenvalue weighted by Crippen LogP contribution is 2.30. The number of ether oxygens (including phenoxy) is 1. The first-order chi connectivity index (χ1) is 8.93. The molecule has 0 saturated heterocycles. The number of methoxy groups -OCH3 is 1. The van der Waals surface area contributed by atoms with E-state index in [0.29, 0.717) is 23.0 Å². The fourth-order valence-corrected chi connectivity index (χ4v) is 1.64. The SMILES string of the molecule is COc1cc(Cl)c(C)cc1NC(=O)NCCN(C)C. The highest BCUT2D eigenvalue weighted by molar-refractivity contribution is 6.31. The lowest BCUT2D eigenvalue weighted by molar-refractivity contribution is 0.250. The van der Waals surface area contributed by atoms with Crippen LogP contribution in [0.5, 0.6) is 5.75 Å². The van der Waals surface area contributed by atoms with Crippen LogP contribution in [0, 0.1) is 6.92 Å². The van der Waals surface area contributed by atoms with E-state index in [-0.39, 0.29) is 6.03 Å². The van der Waals surface area contributed by atoms with Crippen molar-refractivity contribution in [1.29, 1.82) is 0 Å². The fourth-order valence-electron chi connectivity index (χ4n) is 1.49. The van der Waals surface area contributed by atoms with Gasteiger partial charge in [0.15, 0.2) is 0 Å². The second kappa shape index (κ2) is 7.21. The van der Waals surface area contributed by atoms with Gasteiger partial charge in [0.05, 0.1) is 12.8 Å². The van der Waals surface area contributed by atoms with Crippen molar-refractivity contribution >= 4 is 23.3 Å². The molecule has 0 aliphatic heterocycles. The summed E-state index contributed by atoms with van der Waals surface area (Å²) in [6, 6.07) is 3.21. The molecule has 0 aromatic heterocycles. The topological polar surface area (TPSA) is 53.6 Å². The summed E-state index contributed by atoms with van der Waals surface area (Å²) in [5.41, 5.74) is 1.48. The molecule has 0 radical (unpaired) electrons. The number of nitrogens with zero attached hydrogens (tertiary/aromatic N) is 1. The standard InChI is InChI=1S/C13H20ClN3O2/c1-9-7-11(12(19-4)8-10(9)14)16-13(18)15-5-6-17(2)3/h7-8H,5-6H2,1-4H3,(H2,15,16,18). The van der Waals surface area contributed by atoms with Crippen LogP contribution in [0.2, 0.25) is 5.02 Å². The minimum atomic E-state index is -0.262. The molecule has 6 heteroatoms. The maximum absolute atomic E-state index is 11.7. The van der Waals surface area contributed by atoms with Crippen molar-refractivity contribution in [3.63, 3.8) is 0 Å². The zero-order valence-corrected chi connectivity index (χ0v) is 12.5. The van der Waals surface area contributed by atoms with Gasteiger partial charge in [-0.15, -0.1) is 0 Å². The van der Waals surface area contributed by atoms with Crippen LogP contribution in [-0.4, -0.2) is 45.2 Å². The first-order valence-electron chi connectivity index (χ1n) is 5.97. The number of urea groups is 1. The average Bonchev–Trinajstić information content (AvgIpc) is 2.33. The average molecular weight is 286 g/mol. The number of hydrogen-bond acceptors (Lipinski definition) is 3. The van der Waals surface area contributed by atoms with E-state index in [1.807, 2.05) is 25.9 Å². The third kappa shape index (κ3) is 4.96. The Morgan fingerprint density at radius 3 is 2.68 bits per heavy atom. The van der Waals surface area contributed by atoms with Gasteiger partial charge < -0.3 is 20.3 Å². The Kier molecular flexibility index (Phi) is 5.92. The maximum atomic E-state index is 11.7. The summed E-state index contributed by atoms with van der Waals surface area (Å²) in [4.78, 5) is 13.7. The normalized spacial score (nSPS) is 10.4. The molecule has 0 spiro atoms. The molecule has 106 valence electrons. The molecule has 0 bridgehead atoms. The quantitative estimate of drug-likeness (QED) is 0.873. The van der Waals surface area contributed by atoms with E-state index in [1.165, 1.54) is 7.11 Å². The Morgan fingerprint density at radius 1 is 1.42 bits per heavy atom. The van der Waals surface area contributed by atoms with E-state index in [2.05, 4.69) is 10.6 Å². The van der Waals surface area contributed by atoms with Gasteiger partial charge in [-0.25, -0.2) is 4.79 Å². The van der Waals surface area contributed by atoms with Crippen LogP contribution in [0.4, 0.5) is 10.5 Å². The highest BCUT2D eigenvalue weighted by Gasteiger charge is 2.09. The fraction of sp³-hybridized carbons (Fsp3) is 0.462. The Bertz CT molecular complexity index is 450. The molecule has 1 rings (SSSR count). The Morgan fingerprint density at radius 2 is 2.11 bits per heavy atom. The van der Waals surface area contributed by atoms with E-state index in [0.717, 1.165) is 12.1 Å². The summed E-state index contributed by atoms with van der Waals surface area (Å²) in [7, 11) is 5.44. The number of halogens is 1. The molecule has 0 aliphatic carbocycles. The number of carbonyl (C=O) groups is 1. The third-order valence-corrected chi connectivity index (χ3v) is 2.98. The lowest BCUT2D eigenvalue weighted by Crippen LogP contribution is -2.34. The summed E-state index contributed by atoms with van der Waals surface area (Å²) in [6.07, 6.45) is 0. The molecule has 1 aromatic carbocycles. The number of likely N-dealkylation sites (N-methyl/N-ethyl adjacent to an activating group) is 1. The van der Waals surface area contributed by atoms with Crippen LogP contribution < -0.4 is 15.4 Å². The molecular formula is C13H20ClN3O2. The first-order valence-corrected chi connectivity index (χ1v) is 6.35. The number of benzene rings is 1. The van der Waals surface area contributed by atoms with Crippen LogP contribution in [0.3, 0.4) is 0 Å². The molecule has 0 saturated carbocycles. The van der Waals surface area contributed by atoms with Gasteiger partial charge in [0.1, 0.15) is 5.75 Å². The van der Waals surface area contributed by atoms with Gasteiger partial charge in [0, 0.05) is 24.2 Å². The molecule has 0 fully saturated rings. The summed E-state index contributed by atoms with van der Waals surface area (Å²) in [5, 5.41) is 6.13. The minimum Gasteiger partial charge on any atom is -0.495 e. The predicted molar refractivity (Wildman–Crippen MR) is 78.3 cm³/mol. The largest absolute Gasteiger partial charge is 0.495 e.